The van der Waals surface area contributed by atoms with Crippen LogP contribution in [0.4, 0.5) is 0 Å². The van der Waals surface area contributed by atoms with Gasteiger partial charge in [0.15, 0.2) is 0 Å². The Labute approximate surface area is 109 Å². The molecule has 1 atom stereocenters. The van der Waals surface area contributed by atoms with Crippen molar-refractivity contribution in [3.05, 3.63) is 0 Å². The molecule has 1 saturated heterocycles. The van der Waals surface area contributed by atoms with Crippen molar-refractivity contribution in [2.45, 2.75) is 59.8 Å². The molecular formula is C15H33NO. The summed E-state index contributed by atoms with van der Waals surface area (Å²) in [7, 11) is 0. The van der Waals surface area contributed by atoms with E-state index in [9.17, 15) is 0 Å². The first-order valence-corrected chi connectivity index (χ1v) is 7.54. The fourth-order valence-electron chi connectivity index (χ4n) is 1.87. The topological polar surface area (TPSA) is 12.5 Å². The van der Waals surface area contributed by atoms with Gasteiger partial charge < -0.3 is 4.74 Å². The Morgan fingerprint density at radius 2 is 1.59 bits per heavy atom. The molecule has 1 rings (SSSR count). The van der Waals surface area contributed by atoms with Crippen LogP contribution >= 0.6 is 0 Å². The molecule has 17 heavy (non-hydrogen) atoms. The predicted molar refractivity (Wildman–Crippen MR) is 76.5 cm³/mol. The second-order valence-electron chi connectivity index (χ2n) is 5.16. The molecule has 2 nitrogen and oxygen atoms in total. The summed E-state index contributed by atoms with van der Waals surface area (Å²) in [4.78, 5) is 2.53. The number of nitrogens with zero attached hydrogens (tertiary/aromatic N) is 1. The fourth-order valence-corrected chi connectivity index (χ4v) is 1.87. The van der Waals surface area contributed by atoms with Crippen LogP contribution in [0.5, 0.6) is 0 Å². The van der Waals surface area contributed by atoms with Crippen molar-refractivity contribution in [3.63, 3.8) is 0 Å². The van der Waals surface area contributed by atoms with E-state index in [4.69, 9.17) is 4.74 Å². The lowest BCUT2D eigenvalue weighted by Crippen LogP contribution is -2.38. The first-order valence-electron chi connectivity index (χ1n) is 7.54. The molecule has 1 fully saturated rings. The lowest BCUT2D eigenvalue weighted by molar-refractivity contribution is 0.0311. The van der Waals surface area contributed by atoms with Gasteiger partial charge in [0.2, 0.25) is 0 Å². The van der Waals surface area contributed by atoms with E-state index in [1.165, 1.54) is 38.6 Å². The van der Waals surface area contributed by atoms with Gasteiger partial charge in [0.25, 0.3) is 0 Å². The van der Waals surface area contributed by atoms with E-state index in [-0.39, 0.29) is 0 Å². The van der Waals surface area contributed by atoms with Gasteiger partial charge in [-0.05, 0) is 12.3 Å². The summed E-state index contributed by atoms with van der Waals surface area (Å²) < 4.78 is 5.32. The van der Waals surface area contributed by atoms with E-state index < -0.39 is 0 Å². The van der Waals surface area contributed by atoms with Crippen LogP contribution < -0.4 is 0 Å². The van der Waals surface area contributed by atoms with Gasteiger partial charge >= 0.3 is 0 Å². The van der Waals surface area contributed by atoms with E-state index in [1.807, 2.05) is 0 Å². The Balaban J connectivity index is 0.000000557. The summed E-state index contributed by atoms with van der Waals surface area (Å²) in [6.45, 7) is 14.4. The van der Waals surface area contributed by atoms with Crippen LogP contribution in [0.15, 0.2) is 0 Å². The molecule has 0 amide bonds. The van der Waals surface area contributed by atoms with Crippen LogP contribution in [0.3, 0.4) is 0 Å². The zero-order chi connectivity index (χ0) is 12.9. The minimum atomic E-state index is 0.859. The van der Waals surface area contributed by atoms with E-state index in [1.54, 1.807) is 0 Å². The highest BCUT2D eigenvalue weighted by molar-refractivity contribution is 4.65. The van der Waals surface area contributed by atoms with E-state index >= 15 is 0 Å². The van der Waals surface area contributed by atoms with E-state index in [2.05, 4.69) is 32.6 Å². The monoisotopic (exact) mass is 243 g/mol. The van der Waals surface area contributed by atoms with E-state index in [0.29, 0.717) is 0 Å². The van der Waals surface area contributed by atoms with Crippen LogP contribution in [-0.2, 0) is 4.74 Å². The Hall–Kier alpha value is -0.0800. The third-order valence-corrected chi connectivity index (χ3v) is 3.22. The van der Waals surface area contributed by atoms with Crippen molar-refractivity contribution in [1.82, 2.24) is 4.90 Å². The van der Waals surface area contributed by atoms with Crippen molar-refractivity contribution in [3.8, 4) is 0 Å². The Morgan fingerprint density at radius 3 is 2.06 bits per heavy atom. The zero-order valence-electron chi connectivity index (χ0n) is 12.5. The predicted octanol–water partition coefficient (Wildman–Crippen LogP) is 3.95. The van der Waals surface area contributed by atoms with Gasteiger partial charge in [0, 0.05) is 19.6 Å². The Kier molecular flexibility index (Phi) is 12.3. The number of hydrogen-bond donors (Lipinski definition) is 0. The molecule has 0 bridgehead atoms. The van der Waals surface area contributed by atoms with Crippen LogP contribution in [0.1, 0.15) is 59.8 Å². The summed E-state index contributed by atoms with van der Waals surface area (Å²) >= 11 is 0. The van der Waals surface area contributed by atoms with Crippen LogP contribution in [0.25, 0.3) is 0 Å². The molecule has 0 saturated carbocycles. The van der Waals surface area contributed by atoms with Gasteiger partial charge in [-0.3, -0.25) is 4.90 Å². The summed E-state index contributed by atoms with van der Waals surface area (Å²) in [6, 6.07) is 0. The molecular weight excluding hydrogens is 210 g/mol. The SMILES string of the molecule is CCCC.CCCCC(C)CN1CCOCC1. The molecule has 1 aliphatic heterocycles. The first kappa shape index (κ1) is 16.9. The number of hydrogen-bond acceptors (Lipinski definition) is 2. The largest absolute Gasteiger partial charge is 0.379 e. The average Bonchev–Trinajstić information content (AvgIpc) is 2.38. The molecule has 104 valence electrons. The summed E-state index contributed by atoms with van der Waals surface area (Å²) in [6.07, 6.45) is 6.73. The van der Waals surface area contributed by atoms with Crippen molar-refractivity contribution in [2.75, 3.05) is 32.8 Å². The maximum atomic E-state index is 5.32. The standard InChI is InChI=1S/C11H23NO.C4H10/c1-3-4-5-11(2)10-12-6-8-13-9-7-12;1-3-4-2/h11H,3-10H2,1-2H3;3-4H2,1-2H3. The normalized spacial score (nSPS) is 18.4. The van der Waals surface area contributed by atoms with Gasteiger partial charge in [-0.1, -0.05) is 53.4 Å². The third-order valence-electron chi connectivity index (χ3n) is 3.22. The second kappa shape index (κ2) is 12.4. The third kappa shape index (κ3) is 10.8. The molecule has 0 radical (unpaired) electrons. The summed E-state index contributed by atoms with van der Waals surface area (Å²) in [5.74, 6) is 0.859. The lowest BCUT2D eigenvalue weighted by Gasteiger charge is -2.29. The highest BCUT2D eigenvalue weighted by Gasteiger charge is 2.12. The van der Waals surface area contributed by atoms with Crippen LogP contribution in [0, 0.1) is 5.92 Å². The molecule has 0 aromatic rings. The van der Waals surface area contributed by atoms with Crippen LogP contribution in [0.2, 0.25) is 0 Å². The Morgan fingerprint density at radius 1 is 1.00 bits per heavy atom. The van der Waals surface area contributed by atoms with Gasteiger partial charge in [-0.25, -0.2) is 0 Å². The van der Waals surface area contributed by atoms with Crippen molar-refractivity contribution in [1.29, 1.82) is 0 Å². The first-order chi connectivity index (χ1) is 8.24. The van der Waals surface area contributed by atoms with Gasteiger partial charge in [-0.15, -0.1) is 0 Å². The van der Waals surface area contributed by atoms with Crippen molar-refractivity contribution >= 4 is 0 Å². The van der Waals surface area contributed by atoms with Gasteiger partial charge in [-0.2, -0.15) is 0 Å². The Bertz CT molecular complexity index is 142. The van der Waals surface area contributed by atoms with Gasteiger partial charge in [0.05, 0.1) is 13.2 Å². The highest BCUT2D eigenvalue weighted by atomic mass is 16.5. The number of morpholine rings is 1. The van der Waals surface area contributed by atoms with E-state index in [0.717, 1.165) is 32.2 Å². The lowest BCUT2D eigenvalue weighted by atomic mass is 10.0. The number of unbranched alkanes of at least 4 members (excludes halogenated alkanes) is 2. The van der Waals surface area contributed by atoms with Crippen molar-refractivity contribution in [2.24, 2.45) is 5.92 Å². The molecule has 1 aliphatic rings. The molecule has 0 aliphatic carbocycles. The van der Waals surface area contributed by atoms with Gasteiger partial charge in [0.1, 0.15) is 0 Å². The average molecular weight is 243 g/mol. The fraction of sp³-hybridized carbons (Fsp3) is 1.00. The maximum absolute atomic E-state index is 5.32. The van der Waals surface area contributed by atoms with Crippen LogP contribution in [-0.4, -0.2) is 37.7 Å². The van der Waals surface area contributed by atoms with Crippen molar-refractivity contribution < 1.29 is 4.74 Å². The molecule has 2 heteroatoms. The molecule has 0 spiro atoms. The molecule has 0 N–H and O–H groups in total. The molecule has 0 aromatic carbocycles. The molecule has 1 heterocycles. The minimum absolute atomic E-state index is 0.859. The number of rotatable bonds is 6. The summed E-state index contributed by atoms with van der Waals surface area (Å²) in [5.41, 5.74) is 0. The summed E-state index contributed by atoms with van der Waals surface area (Å²) in [5, 5.41) is 0. The maximum Gasteiger partial charge on any atom is 0.0594 e. The quantitative estimate of drug-likeness (QED) is 0.700. The second-order valence-corrected chi connectivity index (χ2v) is 5.16. The highest BCUT2D eigenvalue weighted by Crippen LogP contribution is 2.10. The number of ether oxygens (including phenoxy) is 1. The molecule has 1 unspecified atom stereocenters. The molecule has 0 aromatic heterocycles. The minimum Gasteiger partial charge on any atom is -0.379 e. The smallest absolute Gasteiger partial charge is 0.0594 e. The zero-order valence-corrected chi connectivity index (χ0v) is 12.5.